The summed E-state index contributed by atoms with van der Waals surface area (Å²) in [6.45, 7) is 6.29. The van der Waals surface area contributed by atoms with Crippen LogP contribution in [0.15, 0.2) is 42.5 Å². The first-order valence-corrected chi connectivity index (χ1v) is 8.55. The number of aryl methyl sites for hydroxylation is 1. The summed E-state index contributed by atoms with van der Waals surface area (Å²) in [5.41, 5.74) is 3.04. The fourth-order valence-electron chi connectivity index (χ4n) is 3.11. The molecule has 1 N–H and O–H groups in total. The maximum Gasteiger partial charge on any atom is 0.255 e. The standard InChI is InChI=1S/C19H20ClFN2O/c1-14-4-2-3-5-15(14)13-22-8-10-23(11-9-22)19(24)17-7-6-16(21)12-18(17)20/h2-7,12H,8-11,13H2,1H3/p+1. The molecule has 0 spiro atoms. The lowest BCUT2D eigenvalue weighted by Gasteiger charge is -2.32. The Labute approximate surface area is 146 Å². The monoisotopic (exact) mass is 347 g/mol. The van der Waals surface area contributed by atoms with Crippen LogP contribution in [0.5, 0.6) is 0 Å². The van der Waals surface area contributed by atoms with Crippen molar-refractivity contribution in [2.45, 2.75) is 13.5 Å². The first-order chi connectivity index (χ1) is 11.5. The molecule has 2 aromatic rings. The van der Waals surface area contributed by atoms with Gasteiger partial charge in [0.15, 0.2) is 0 Å². The smallest absolute Gasteiger partial charge is 0.255 e. The molecule has 0 radical (unpaired) electrons. The average Bonchev–Trinajstić information content (AvgIpc) is 2.57. The fourth-order valence-corrected chi connectivity index (χ4v) is 3.36. The van der Waals surface area contributed by atoms with E-state index in [0.717, 1.165) is 19.6 Å². The maximum absolute atomic E-state index is 13.1. The third-order valence-electron chi connectivity index (χ3n) is 4.62. The Bertz CT molecular complexity index is 742. The molecule has 3 nitrogen and oxygen atoms in total. The van der Waals surface area contributed by atoms with Crippen LogP contribution in [0.2, 0.25) is 5.02 Å². The molecule has 5 heteroatoms. The topological polar surface area (TPSA) is 24.8 Å². The maximum atomic E-state index is 13.1. The molecule has 2 aromatic carbocycles. The third kappa shape index (κ3) is 3.77. The second-order valence-electron chi connectivity index (χ2n) is 6.27. The molecule has 126 valence electrons. The zero-order chi connectivity index (χ0) is 17.1. The molecule has 1 aliphatic heterocycles. The Balaban J connectivity index is 1.60. The van der Waals surface area contributed by atoms with Crippen molar-refractivity contribution in [3.63, 3.8) is 0 Å². The number of nitrogens with one attached hydrogen (secondary N) is 1. The number of hydrogen-bond acceptors (Lipinski definition) is 1. The van der Waals surface area contributed by atoms with Gasteiger partial charge >= 0.3 is 0 Å². The molecular weight excluding hydrogens is 327 g/mol. The Morgan fingerprint density at radius 3 is 2.58 bits per heavy atom. The van der Waals surface area contributed by atoms with E-state index in [0.29, 0.717) is 18.7 Å². The van der Waals surface area contributed by atoms with E-state index in [4.69, 9.17) is 11.6 Å². The largest absolute Gasteiger partial charge is 0.328 e. The number of benzene rings is 2. The Kier molecular flexibility index (Phi) is 5.17. The molecule has 1 amide bonds. The van der Waals surface area contributed by atoms with Gasteiger partial charge in [-0.2, -0.15) is 0 Å². The first kappa shape index (κ1) is 16.9. The van der Waals surface area contributed by atoms with E-state index >= 15 is 0 Å². The van der Waals surface area contributed by atoms with Gasteiger partial charge in [-0.15, -0.1) is 0 Å². The quantitative estimate of drug-likeness (QED) is 0.905. The minimum Gasteiger partial charge on any atom is -0.328 e. The van der Waals surface area contributed by atoms with Crippen molar-refractivity contribution in [2.24, 2.45) is 0 Å². The number of rotatable bonds is 3. The molecule has 1 aliphatic rings. The number of carbonyl (C=O) groups excluding carboxylic acids is 1. The predicted molar refractivity (Wildman–Crippen MR) is 92.9 cm³/mol. The van der Waals surface area contributed by atoms with E-state index in [2.05, 4.69) is 31.2 Å². The van der Waals surface area contributed by atoms with Crippen molar-refractivity contribution in [3.8, 4) is 0 Å². The molecule has 1 heterocycles. The van der Waals surface area contributed by atoms with Gasteiger partial charge in [0, 0.05) is 5.56 Å². The summed E-state index contributed by atoms with van der Waals surface area (Å²) in [7, 11) is 0. The average molecular weight is 348 g/mol. The van der Waals surface area contributed by atoms with Crippen LogP contribution in [-0.4, -0.2) is 37.0 Å². The third-order valence-corrected chi connectivity index (χ3v) is 4.93. The van der Waals surface area contributed by atoms with Crippen LogP contribution in [0, 0.1) is 12.7 Å². The minimum absolute atomic E-state index is 0.116. The first-order valence-electron chi connectivity index (χ1n) is 8.17. The molecule has 3 rings (SSSR count). The molecule has 0 aliphatic carbocycles. The molecule has 0 aromatic heterocycles. The van der Waals surface area contributed by atoms with Crippen molar-refractivity contribution in [1.29, 1.82) is 0 Å². The lowest BCUT2D eigenvalue weighted by Crippen LogP contribution is -3.13. The molecule has 1 fully saturated rings. The lowest BCUT2D eigenvalue weighted by atomic mass is 10.1. The van der Waals surface area contributed by atoms with Gasteiger partial charge in [-0.3, -0.25) is 4.79 Å². The van der Waals surface area contributed by atoms with Crippen LogP contribution < -0.4 is 4.90 Å². The zero-order valence-corrected chi connectivity index (χ0v) is 14.4. The van der Waals surface area contributed by atoms with E-state index in [1.807, 2.05) is 0 Å². The van der Waals surface area contributed by atoms with Crippen molar-refractivity contribution in [2.75, 3.05) is 26.2 Å². The molecule has 0 atom stereocenters. The highest BCUT2D eigenvalue weighted by atomic mass is 35.5. The fraction of sp³-hybridized carbons (Fsp3) is 0.316. The molecular formula is C19H21ClFN2O+. The summed E-state index contributed by atoms with van der Waals surface area (Å²) >= 11 is 6.00. The molecule has 0 saturated carbocycles. The van der Waals surface area contributed by atoms with Gasteiger partial charge in [0.05, 0.1) is 36.8 Å². The highest BCUT2D eigenvalue weighted by molar-refractivity contribution is 6.33. The van der Waals surface area contributed by atoms with Gasteiger partial charge in [0.1, 0.15) is 12.4 Å². The lowest BCUT2D eigenvalue weighted by molar-refractivity contribution is -0.917. The van der Waals surface area contributed by atoms with Crippen molar-refractivity contribution in [3.05, 3.63) is 70.0 Å². The van der Waals surface area contributed by atoms with Crippen molar-refractivity contribution >= 4 is 17.5 Å². The van der Waals surface area contributed by atoms with Gasteiger partial charge in [-0.25, -0.2) is 4.39 Å². The van der Waals surface area contributed by atoms with Crippen LogP contribution >= 0.6 is 11.6 Å². The Hall–Kier alpha value is -1.91. The molecule has 0 unspecified atom stereocenters. The second-order valence-corrected chi connectivity index (χ2v) is 6.68. The Morgan fingerprint density at radius 1 is 1.21 bits per heavy atom. The van der Waals surface area contributed by atoms with Crippen molar-refractivity contribution in [1.82, 2.24) is 4.90 Å². The number of nitrogens with zero attached hydrogens (tertiary/aromatic N) is 1. The molecule has 1 saturated heterocycles. The van der Waals surface area contributed by atoms with E-state index in [9.17, 15) is 9.18 Å². The normalized spacial score (nSPS) is 15.5. The summed E-state index contributed by atoms with van der Waals surface area (Å²) in [5, 5.41) is 0.176. The summed E-state index contributed by atoms with van der Waals surface area (Å²) < 4.78 is 13.1. The number of amides is 1. The van der Waals surface area contributed by atoms with E-state index in [-0.39, 0.29) is 10.9 Å². The highest BCUT2D eigenvalue weighted by Gasteiger charge is 2.26. The van der Waals surface area contributed by atoms with Gasteiger partial charge in [-0.05, 0) is 30.7 Å². The van der Waals surface area contributed by atoms with E-state index in [1.54, 1.807) is 4.90 Å². The number of piperazine rings is 1. The number of hydrogen-bond donors (Lipinski definition) is 1. The van der Waals surface area contributed by atoms with Crippen molar-refractivity contribution < 1.29 is 14.1 Å². The summed E-state index contributed by atoms with van der Waals surface area (Å²) in [6, 6.07) is 12.3. The number of carbonyl (C=O) groups is 1. The highest BCUT2D eigenvalue weighted by Crippen LogP contribution is 2.19. The van der Waals surface area contributed by atoms with Crippen LogP contribution in [-0.2, 0) is 6.54 Å². The number of halogens is 2. The van der Waals surface area contributed by atoms with Gasteiger partial charge in [0.2, 0.25) is 0 Å². The second kappa shape index (κ2) is 7.32. The molecule has 24 heavy (non-hydrogen) atoms. The van der Waals surface area contributed by atoms with Gasteiger partial charge in [0.25, 0.3) is 5.91 Å². The SMILES string of the molecule is Cc1ccccc1C[NH+]1CCN(C(=O)c2ccc(F)cc2Cl)CC1. The zero-order valence-electron chi connectivity index (χ0n) is 13.7. The van der Waals surface area contributed by atoms with Gasteiger partial charge < -0.3 is 9.80 Å². The summed E-state index contributed by atoms with van der Waals surface area (Å²) in [6.07, 6.45) is 0. The van der Waals surface area contributed by atoms with Crippen LogP contribution in [0.3, 0.4) is 0 Å². The minimum atomic E-state index is -0.427. The van der Waals surface area contributed by atoms with E-state index < -0.39 is 5.82 Å². The summed E-state index contributed by atoms with van der Waals surface area (Å²) in [5.74, 6) is -0.543. The van der Waals surface area contributed by atoms with Crippen LogP contribution in [0.1, 0.15) is 21.5 Å². The van der Waals surface area contributed by atoms with Gasteiger partial charge in [-0.1, -0.05) is 35.9 Å². The van der Waals surface area contributed by atoms with Crippen LogP contribution in [0.25, 0.3) is 0 Å². The predicted octanol–water partition coefficient (Wildman–Crippen LogP) is 2.33. The summed E-state index contributed by atoms with van der Waals surface area (Å²) in [4.78, 5) is 15.8. The van der Waals surface area contributed by atoms with Crippen LogP contribution in [0.4, 0.5) is 4.39 Å². The Morgan fingerprint density at radius 2 is 1.92 bits per heavy atom. The molecule has 0 bridgehead atoms. The van der Waals surface area contributed by atoms with E-state index in [1.165, 1.54) is 34.2 Å². The number of quaternary nitrogens is 1.